The first kappa shape index (κ1) is 24.5. The molecule has 0 aromatic heterocycles. The van der Waals surface area contributed by atoms with Crippen molar-refractivity contribution in [3.05, 3.63) is 95.6 Å². The van der Waals surface area contributed by atoms with Gasteiger partial charge in [-0.15, -0.1) is 0 Å². The summed E-state index contributed by atoms with van der Waals surface area (Å²) in [6, 6.07) is 23.9. The van der Waals surface area contributed by atoms with Gasteiger partial charge in [-0.1, -0.05) is 54.6 Å². The first-order valence-electron chi connectivity index (χ1n) is 10.5. The van der Waals surface area contributed by atoms with E-state index in [9.17, 15) is 13.2 Å². The normalized spacial score (nSPS) is 11.9. The Bertz CT molecular complexity index is 1230. The number of hydrogen-bond acceptors (Lipinski definition) is 6. The van der Waals surface area contributed by atoms with Crippen LogP contribution in [0.15, 0.2) is 88.8 Å². The van der Waals surface area contributed by atoms with E-state index in [-0.39, 0.29) is 17.1 Å². The number of carbonyl (C=O) groups excluding carboxylic acids is 1. The Morgan fingerprint density at radius 1 is 0.970 bits per heavy atom. The summed E-state index contributed by atoms with van der Waals surface area (Å²) in [5, 5.41) is 2.37. The minimum Gasteiger partial charge on any atom is -0.469 e. The molecule has 0 aliphatic carbocycles. The largest absolute Gasteiger partial charge is 0.469 e. The van der Waals surface area contributed by atoms with Gasteiger partial charge < -0.3 is 4.74 Å². The average Bonchev–Trinajstić information content (AvgIpc) is 2.83. The average molecular weight is 480 g/mol. The van der Waals surface area contributed by atoms with Crippen LogP contribution >= 0.6 is 12.2 Å². The number of sulfone groups is 1. The zero-order valence-corrected chi connectivity index (χ0v) is 19.9. The number of nitrogens with zero attached hydrogens (tertiary/aromatic N) is 1. The Balaban J connectivity index is 1.71. The first-order chi connectivity index (χ1) is 15.9. The van der Waals surface area contributed by atoms with Gasteiger partial charge in [-0.05, 0) is 66.0 Å². The lowest BCUT2D eigenvalue weighted by Gasteiger charge is -2.17. The second kappa shape index (κ2) is 11.7. The minimum absolute atomic E-state index is 0.00413. The number of ether oxygens (including phenoxy) is 1. The Kier molecular flexibility index (Phi) is 8.66. The van der Waals surface area contributed by atoms with Gasteiger partial charge in [0.2, 0.25) is 0 Å². The Labute approximate surface area is 200 Å². The predicted octanol–water partition coefficient (Wildman–Crippen LogP) is 5.33. The SMILES string of the molecule is COC(=O)CC(CS(=O)(=O)c1ccc(CCc2cccc(N=C=S)c2)cc1)c1ccccc1. The Hall–Kier alpha value is -3.12. The molecule has 0 radical (unpaired) electrons. The predicted molar refractivity (Wildman–Crippen MR) is 133 cm³/mol. The number of methoxy groups -OCH3 is 1. The number of hydrogen-bond donors (Lipinski definition) is 0. The summed E-state index contributed by atoms with van der Waals surface area (Å²) < 4.78 is 31.0. The lowest BCUT2D eigenvalue weighted by atomic mass is 9.98. The summed E-state index contributed by atoms with van der Waals surface area (Å²) in [4.78, 5) is 16.1. The van der Waals surface area contributed by atoms with Gasteiger partial charge in [-0.2, -0.15) is 4.99 Å². The van der Waals surface area contributed by atoms with Crippen LogP contribution in [-0.4, -0.2) is 32.4 Å². The van der Waals surface area contributed by atoms with E-state index >= 15 is 0 Å². The van der Waals surface area contributed by atoms with Crippen LogP contribution in [0.3, 0.4) is 0 Å². The van der Waals surface area contributed by atoms with Gasteiger partial charge in [0, 0.05) is 5.92 Å². The molecule has 3 aromatic carbocycles. The summed E-state index contributed by atoms with van der Waals surface area (Å²) in [7, 11) is -2.29. The molecule has 1 unspecified atom stereocenters. The lowest BCUT2D eigenvalue weighted by Crippen LogP contribution is -2.19. The molecule has 3 aromatic rings. The third kappa shape index (κ3) is 7.19. The van der Waals surface area contributed by atoms with Crippen molar-refractivity contribution in [2.75, 3.05) is 12.9 Å². The number of carbonyl (C=O) groups is 1. The quantitative estimate of drug-likeness (QED) is 0.223. The minimum atomic E-state index is -3.59. The van der Waals surface area contributed by atoms with Gasteiger partial charge in [0.05, 0.1) is 35.0 Å². The van der Waals surface area contributed by atoms with Crippen molar-refractivity contribution < 1.29 is 17.9 Å². The molecule has 33 heavy (non-hydrogen) atoms. The van der Waals surface area contributed by atoms with E-state index in [4.69, 9.17) is 4.74 Å². The molecule has 1 atom stereocenters. The highest BCUT2D eigenvalue weighted by Gasteiger charge is 2.25. The molecule has 0 saturated heterocycles. The molecule has 0 fully saturated rings. The molecule has 3 rings (SSSR count). The monoisotopic (exact) mass is 479 g/mol. The van der Waals surface area contributed by atoms with E-state index in [0.717, 1.165) is 35.2 Å². The number of rotatable bonds is 10. The maximum Gasteiger partial charge on any atom is 0.306 e. The number of isothiocyanates is 1. The van der Waals surface area contributed by atoms with Crippen molar-refractivity contribution in [1.29, 1.82) is 0 Å². The lowest BCUT2D eigenvalue weighted by molar-refractivity contribution is -0.140. The molecule has 7 heteroatoms. The molecule has 0 bridgehead atoms. The summed E-state index contributed by atoms with van der Waals surface area (Å²) in [6.07, 6.45) is 1.56. The highest BCUT2D eigenvalue weighted by Crippen LogP contribution is 2.26. The van der Waals surface area contributed by atoms with Crippen molar-refractivity contribution in [3.8, 4) is 0 Å². The number of benzene rings is 3. The van der Waals surface area contributed by atoms with E-state index in [1.165, 1.54) is 7.11 Å². The molecule has 170 valence electrons. The van der Waals surface area contributed by atoms with E-state index in [1.54, 1.807) is 12.1 Å². The summed E-state index contributed by atoms with van der Waals surface area (Å²) in [5.74, 6) is -1.08. The number of thiocarbonyl (C=S) groups is 1. The fraction of sp³-hybridized carbons (Fsp3) is 0.231. The fourth-order valence-electron chi connectivity index (χ4n) is 3.63. The highest BCUT2D eigenvalue weighted by atomic mass is 32.2. The molecule has 0 saturated carbocycles. The van der Waals surface area contributed by atoms with Crippen LogP contribution in [0.2, 0.25) is 0 Å². The zero-order valence-electron chi connectivity index (χ0n) is 18.3. The van der Waals surface area contributed by atoms with Crippen LogP contribution in [0.4, 0.5) is 5.69 Å². The van der Waals surface area contributed by atoms with Crippen molar-refractivity contribution in [3.63, 3.8) is 0 Å². The van der Waals surface area contributed by atoms with Crippen molar-refractivity contribution in [2.24, 2.45) is 4.99 Å². The number of aryl methyl sites for hydroxylation is 2. The third-order valence-electron chi connectivity index (χ3n) is 5.40. The molecule has 0 spiro atoms. The van der Waals surface area contributed by atoms with Gasteiger partial charge in [0.25, 0.3) is 0 Å². The molecule has 0 aliphatic heterocycles. The van der Waals surface area contributed by atoms with E-state index < -0.39 is 21.7 Å². The Morgan fingerprint density at radius 3 is 2.33 bits per heavy atom. The van der Waals surface area contributed by atoms with Crippen LogP contribution in [0, 0.1) is 0 Å². The van der Waals surface area contributed by atoms with Crippen LogP contribution < -0.4 is 0 Å². The second-order valence-corrected chi connectivity index (χ2v) is 9.90. The molecule has 5 nitrogen and oxygen atoms in total. The second-order valence-electron chi connectivity index (χ2n) is 7.69. The van der Waals surface area contributed by atoms with Crippen LogP contribution in [0.1, 0.15) is 29.0 Å². The topological polar surface area (TPSA) is 72.8 Å². The van der Waals surface area contributed by atoms with Gasteiger partial charge in [0.1, 0.15) is 0 Å². The standard InChI is InChI=1S/C26H25NO4S2/c1-31-26(28)17-23(22-7-3-2-4-8-22)18-33(29,30)25-14-12-20(13-15-25)10-11-21-6-5-9-24(16-21)27-19-32/h2-9,12-16,23H,10-11,17-18H2,1H3. The summed E-state index contributed by atoms with van der Waals surface area (Å²) in [5.41, 5.74) is 3.71. The zero-order chi connectivity index (χ0) is 23.7. The van der Waals surface area contributed by atoms with Crippen molar-refractivity contribution >= 4 is 38.9 Å². The summed E-state index contributed by atoms with van der Waals surface area (Å²) in [6.45, 7) is 0. The highest BCUT2D eigenvalue weighted by molar-refractivity contribution is 7.91. The van der Waals surface area contributed by atoms with Crippen LogP contribution in [0.25, 0.3) is 0 Å². The van der Waals surface area contributed by atoms with Crippen molar-refractivity contribution in [1.82, 2.24) is 0 Å². The Morgan fingerprint density at radius 2 is 1.67 bits per heavy atom. The fourth-order valence-corrected chi connectivity index (χ4v) is 5.32. The summed E-state index contributed by atoms with van der Waals surface area (Å²) >= 11 is 4.65. The van der Waals surface area contributed by atoms with Gasteiger partial charge in [-0.25, -0.2) is 8.42 Å². The third-order valence-corrected chi connectivity index (χ3v) is 7.33. The number of esters is 1. The van der Waals surface area contributed by atoms with E-state index in [2.05, 4.69) is 22.4 Å². The first-order valence-corrected chi connectivity index (χ1v) is 12.6. The molecule has 0 amide bonds. The smallest absolute Gasteiger partial charge is 0.306 e. The van der Waals surface area contributed by atoms with Crippen LogP contribution in [-0.2, 0) is 32.2 Å². The number of aliphatic imine (C=N–C) groups is 1. The molecular formula is C26H25NO4S2. The van der Waals surface area contributed by atoms with E-state index in [1.807, 2.05) is 66.7 Å². The molecular weight excluding hydrogens is 454 g/mol. The molecule has 0 aliphatic rings. The maximum absolute atomic E-state index is 13.1. The van der Waals surface area contributed by atoms with Gasteiger partial charge >= 0.3 is 5.97 Å². The maximum atomic E-state index is 13.1. The molecule has 0 N–H and O–H groups in total. The van der Waals surface area contributed by atoms with Gasteiger partial charge in [-0.3, -0.25) is 4.79 Å². The van der Waals surface area contributed by atoms with Crippen molar-refractivity contribution in [2.45, 2.75) is 30.1 Å². The van der Waals surface area contributed by atoms with Gasteiger partial charge in [0.15, 0.2) is 9.84 Å². The molecule has 0 heterocycles. The van der Waals surface area contributed by atoms with Crippen LogP contribution in [0.5, 0.6) is 0 Å². The van der Waals surface area contributed by atoms with E-state index in [0.29, 0.717) is 0 Å².